The van der Waals surface area contributed by atoms with Gasteiger partial charge in [-0.05, 0) is 135 Å². The molecule has 11 heteroatoms. The summed E-state index contributed by atoms with van der Waals surface area (Å²) in [4.78, 5) is 25.8. The molecule has 3 aromatic rings. The van der Waals surface area contributed by atoms with Gasteiger partial charge >= 0.3 is 18.1 Å². The molecule has 1 aliphatic rings. The number of benzene rings is 3. The number of ether oxygens (including phenoxy) is 3. The zero-order chi connectivity index (χ0) is 41.5. The van der Waals surface area contributed by atoms with E-state index >= 15 is 0 Å². The minimum atomic E-state index is -4.59. The molecule has 6 nitrogen and oxygen atoms in total. The molecule has 57 heavy (non-hydrogen) atoms. The fourth-order valence-electron chi connectivity index (χ4n) is 7.64. The van der Waals surface area contributed by atoms with Crippen molar-refractivity contribution >= 4 is 28.6 Å². The Bertz CT molecular complexity index is 1690. The summed E-state index contributed by atoms with van der Waals surface area (Å²) in [6.45, 7) is 14.4. The third-order valence-electron chi connectivity index (χ3n) is 10.8. The van der Waals surface area contributed by atoms with Crippen molar-refractivity contribution in [1.29, 1.82) is 0 Å². The van der Waals surface area contributed by atoms with Gasteiger partial charge in [0, 0.05) is 0 Å². The molecule has 0 aromatic heterocycles. The van der Waals surface area contributed by atoms with Crippen LogP contribution in [0, 0.1) is 5.92 Å². The van der Waals surface area contributed by atoms with Crippen LogP contribution in [0.1, 0.15) is 112 Å². The summed E-state index contributed by atoms with van der Waals surface area (Å²) in [6, 6.07) is 22.9. The van der Waals surface area contributed by atoms with Gasteiger partial charge in [0.2, 0.25) is 0 Å². The molecular weight excluding hydrogens is 762 g/mol. The maximum absolute atomic E-state index is 13.6. The Morgan fingerprint density at radius 1 is 0.719 bits per heavy atom. The first-order valence-electron chi connectivity index (χ1n) is 21.2. The van der Waals surface area contributed by atoms with Crippen LogP contribution in [0.25, 0.3) is 11.1 Å². The van der Waals surface area contributed by atoms with Gasteiger partial charge in [0.05, 0.1) is 18.1 Å². The van der Waals surface area contributed by atoms with E-state index in [1.54, 1.807) is 30.3 Å². The van der Waals surface area contributed by atoms with E-state index in [0.717, 1.165) is 53.7 Å². The second-order valence-corrected chi connectivity index (χ2v) is 25.8. The molecule has 2 atom stereocenters. The van der Waals surface area contributed by atoms with E-state index in [4.69, 9.17) is 18.3 Å². The number of carbonyl (C=O) groups excluding carboxylic acids is 2. The summed E-state index contributed by atoms with van der Waals surface area (Å²) in [7, 11) is -3.16. The standard InChI is InChI=1S/C46H65F3O6Si2/c1-7-9-11-14-17-43(46(47,48)49)54-45(51)40-23-22-39-34-42(29-26-38(39)33-40)53-44(50)37-20-18-35(19-21-37)36-24-27-41(28-25-36)52-30-15-12-13-16-32-57(5,6)55-56(3,4)31-10-8-2/h18-21,24-29,34,40,43H,7-17,22-23,30-33H2,1-6H3/t40?,43-/m1/s1. The minimum absolute atomic E-state index is 0.213. The molecule has 1 unspecified atom stereocenters. The van der Waals surface area contributed by atoms with Crippen LogP contribution >= 0.6 is 0 Å². The first kappa shape index (κ1) is 46.3. The molecule has 0 heterocycles. The van der Waals surface area contributed by atoms with E-state index in [1.807, 2.05) is 43.3 Å². The summed E-state index contributed by atoms with van der Waals surface area (Å²) in [6.07, 6.45) is 4.17. The molecular formula is C46H65F3O6Si2. The average molecular weight is 827 g/mol. The van der Waals surface area contributed by atoms with Crippen molar-refractivity contribution in [3.05, 3.63) is 83.4 Å². The number of carbonyl (C=O) groups is 2. The molecule has 1 aliphatic carbocycles. The Morgan fingerprint density at radius 2 is 1.32 bits per heavy atom. The van der Waals surface area contributed by atoms with E-state index in [1.165, 1.54) is 37.8 Å². The Balaban J connectivity index is 1.18. The number of halogens is 3. The maximum atomic E-state index is 13.6. The molecule has 3 aromatic carbocycles. The van der Waals surface area contributed by atoms with Crippen molar-refractivity contribution in [3.63, 3.8) is 0 Å². The van der Waals surface area contributed by atoms with Gasteiger partial charge in [0.25, 0.3) is 0 Å². The second-order valence-electron chi connectivity index (χ2n) is 16.9. The summed E-state index contributed by atoms with van der Waals surface area (Å²) < 4.78 is 64.2. The van der Waals surface area contributed by atoms with Crippen LogP contribution in [-0.2, 0) is 26.5 Å². The summed E-state index contributed by atoms with van der Waals surface area (Å²) in [5.41, 5.74) is 4.13. The van der Waals surface area contributed by atoms with Gasteiger partial charge in [-0.3, -0.25) is 4.79 Å². The predicted octanol–water partition coefficient (Wildman–Crippen LogP) is 13.3. The monoisotopic (exact) mass is 826 g/mol. The highest BCUT2D eigenvalue weighted by molar-refractivity contribution is 6.84. The number of aryl methyl sites for hydroxylation is 1. The zero-order valence-corrected chi connectivity index (χ0v) is 37.1. The molecule has 0 N–H and O–H groups in total. The Labute approximate surface area is 341 Å². The maximum Gasteiger partial charge on any atom is 0.425 e. The van der Waals surface area contributed by atoms with Gasteiger partial charge in [-0.15, -0.1) is 0 Å². The van der Waals surface area contributed by atoms with Crippen molar-refractivity contribution < 1.29 is 41.1 Å². The number of esters is 2. The third-order valence-corrected chi connectivity index (χ3v) is 18.4. The number of hydrogen-bond donors (Lipinski definition) is 0. The molecule has 0 spiro atoms. The van der Waals surface area contributed by atoms with Crippen LogP contribution in [0.2, 0.25) is 38.3 Å². The van der Waals surface area contributed by atoms with Crippen molar-refractivity contribution in [2.24, 2.45) is 5.92 Å². The van der Waals surface area contributed by atoms with Crippen LogP contribution in [0.4, 0.5) is 13.2 Å². The largest absolute Gasteiger partial charge is 0.494 e. The molecule has 314 valence electrons. The number of fused-ring (bicyclic) bond motifs is 1. The van der Waals surface area contributed by atoms with Crippen LogP contribution in [0.15, 0.2) is 66.7 Å². The quantitative estimate of drug-likeness (QED) is 0.0410. The minimum Gasteiger partial charge on any atom is -0.494 e. The SMILES string of the molecule is CCCCCC[C@@H](OC(=O)C1CCc2cc(OC(=O)c3ccc(-c4ccc(OCCCCCC[Si](C)(C)O[Si](C)(C)CCCC)cc4)cc3)ccc2C1)C(F)(F)F. The lowest BCUT2D eigenvalue weighted by Crippen LogP contribution is -2.44. The van der Waals surface area contributed by atoms with Gasteiger partial charge in [-0.1, -0.05) is 95.5 Å². The van der Waals surface area contributed by atoms with Crippen molar-refractivity contribution in [2.75, 3.05) is 6.61 Å². The lowest BCUT2D eigenvalue weighted by Gasteiger charge is -2.34. The summed E-state index contributed by atoms with van der Waals surface area (Å²) in [5, 5.41) is 0. The van der Waals surface area contributed by atoms with E-state index < -0.39 is 46.8 Å². The van der Waals surface area contributed by atoms with E-state index in [9.17, 15) is 22.8 Å². The Kier molecular flexibility index (Phi) is 17.9. The number of unbranched alkanes of at least 4 members (excludes halogenated alkanes) is 7. The molecule has 0 radical (unpaired) electrons. The Hall–Kier alpha value is -3.42. The van der Waals surface area contributed by atoms with Crippen LogP contribution in [0.3, 0.4) is 0 Å². The molecule has 0 aliphatic heterocycles. The van der Waals surface area contributed by atoms with E-state index in [0.29, 0.717) is 43.6 Å². The van der Waals surface area contributed by atoms with Gasteiger partial charge in [-0.2, -0.15) is 13.2 Å². The topological polar surface area (TPSA) is 71.1 Å². The molecule has 0 amide bonds. The number of alkyl halides is 3. The van der Waals surface area contributed by atoms with Crippen LogP contribution in [0.5, 0.6) is 11.5 Å². The summed E-state index contributed by atoms with van der Waals surface area (Å²) >= 11 is 0. The average Bonchev–Trinajstić information content (AvgIpc) is 3.17. The van der Waals surface area contributed by atoms with Gasteiger partial charge in [0.1, 0.15) is 11.5 Å². The van der Waals surface area contributed by atoms with Gasteiger partial charge in [-0.25, -0.2) is 4.79 Å². The van der Waals surface area contributed by atoms with Gasteiger partial charge < -0.3 is 18.3 Å². The number of rotatable bonds is 23. The fourth-order valence-corrected chi connectivity index (χ4v) is 16.7. The van der Waals surface area contributed by atoms with E-state index in [2.05, 4.69) is 33.1 Å². The van der Waals surface area contributed by atoms with Crippen molar-refractivity contribution in [2.45, 2.75) is 154 Å². The van der Waals surface area contributed by atoms with Crippen molar-refractivity contribution in [3.8, 4) is 22.6 Å². The highest BCUT2D eigenvalue weighted by Crippen LogP contribution is 2.33. The fraction of sp³-hybridized carbons (Fsp3) is 0.565. The highest BCUT2D eigenvalue weighted by Gasteiger charge is 2.43. The molecule has 0 fully saturated rings. The lowest BCUT2D eigenvalue weighted by molar-refractivity contribution is -0.225. The molecule has 0 bridgehead atoms. The van der Waals surface area contributed by atoms with Gasteiger partial charge in [0.15, 0.2) is 22.7 Å². The zero-order valence-electron chi connectivity index (χ0n) is 35.1. The highest BCUT2D eigenvalue weighted by atomic mass is 28.4. The van der Waals surface area contributed by atoms with E-state index in [-0.39, 0.29) is 12.8 Å². The normalized spacial score (nSPS) is 15.1. The summed E-state index contributed by atoms with van der Waals surface area (Å²) in [5.74, 6) is -0.727. The van der Waals surface area contributed by atoms with Crippen LogP contribution < -0.4 is 9.47 Å². The first-order valence-corrected chi connectivity index (χ1v) is 27.5. The second kappa shape index (κ2) is 22.1. The first-order chi connectivity index (χ1) is 27.1. The number of hydrogen-bond acceptors (Lipinski definition) is 6. The Morgan fingerprint density at radius 3 is 1.96 bits per heavy atom. The lowest BCUT2D eigenvalue weighted by atomic mass is 9.84. The third kappa shape index (κ3) is 15.7. The van der Waals surface area contributed by atoms with Crippen LogP contribution in [-0.4, -0.2) is 47.5 Å². The predicted molar refractivity (Wildman–Crippen MR) is 228 cm³/mol. The smallest absolute Gasteiger partial charge is 0.425 e. The molecule has 0 saturated heterocycles. The van der Waals surface area contributed by atoms with Crippen molar-refractivity contribution in [1.82, 2.24) is 0 Å². The molecule has 4 rings (SSSR count). The molecule has 0 saturated carbocycles.